The number of hydrogen-bond donors (Lipinski definition) is 2. The molecule has 1 heterocycles. The van der Waals surface area contributed by atoms with Crippen LogP contribution in [0, 0.1) is 5.92 Å². The number of piperidine rings is 1. The zero-order chi connectivity index (χ0) is 10.7. The molecule has 0 bridgehead atoms. The van der Waals surface area contributed by atoms with Crippen LogP contribution in [-0.4, -0.2) is 41.1 Å². The van der Waals surface area contributed by atoms with E-state index in [4.69, 9.17) is 5.73 Å². The fourth-order valence-corrected chi connectivity index (χ4v) is 1.89. The van der Waals surface area contributed by atoms with Crippen LogP contribution in [0.1, 0.15) is 26.7 Å². The van der Waals surface area contributed by atoms with Gasteiger partial charge in [-0.3, -0.25) is 4.79 Å². The summed E-state index contributed by atoms with van der Waals surface area (Å²) >= 11 is 0. The van der Waals surface area contributed by atoms with E-state index in [1.165, 1.54) is 0 Å². The number of hydrogen-bond acceptors (Lipinski definition) is 3. The largest absolute Gasteiger partial charge is 0.393 e. The molecule has 82 valence electrons. The van der Waals surface area contributed by atoms with Gasteiger partial charge in [-0.25, -0.2) is 0 Å². The third kappa shape index (κ3) is 2.69. The first-order chi connectivity index (χ1) is 6.52. The first-order valence-corrected chi connectivity index (χ1v) is 5.24. The van der Waals surface area contributed by atoms with Crippen molar-refractivity contribution in [2.75, 3.05) is 13.1 Å². The second-order valence-electron chi connectivity index (χ2n) is 4.19. The minimum absolute atomic E-state index is 0.0223. The average Bonchev–Trinajstić information content (AvgIpc) is 2.16. The Morgan fingerprint density at radius 1 is 1.43 bits per heavy atom. The first-order valence-electron chi connectivity index (χ1n) is 5.24. The number of nitrogens with zero attached hydrogens (tertiary/aromatic N) is 1. The molecule has 1 aliphatic rings. The predicted molar refractivity (Wildman–Crippen MR) is 54.6 cm³/mol. The van der Waals surface area contributed by atoms with E-state index in [9.17, 15) is 9.90 Å². The van der Waals surface area contributed by atoms with Gasteiger partial charge in [0.2, 0.25) is 5.91 Å². The standard InChI is InChI=1S/C10H20N2O2/c1-7(11)10(14)12-5-3-9(4-6-12)8(2)13/h7-9,13H,3-6,11H2,1-2H3/t7-,8+/m0/s1. The summed E-state index contributed by atoms with van der Waals surface area (Å²) < 4.78 is 0. The number of amides is 1. The first kappa shape index (κ1) is 11.5. The zero-order valence-electron chi connectivity index (χ0n) is 8.94. The highest BCUT2D eigenvalue weighted by atomic mass is 16.3. The van der Waals surface area contributed by atoms with Gasteiger partial charge in [0, 0.05) is 13.1 Å². The highest BCUT2D eigenvalue weighted by molar-refractivity contribution is 5.81. The fourth-order valence-electron chi connectivity index (χ4n) is 1.89. The number of likely N-dealkylation sites (tertiary alicyclic amines) is 1. The Morgan fingerprint density at radius 3 is 2.29 bits per heavy atom. The van der Waals surface area contributed by atoms with Crippen molar-refractivity contribution < 1.29 is 9.90 Å². The zero-order valence-corrected chi connectivity index (χ0v) is 8.94. The van der Waals surface area contributed by atoms with Crippen LogP contribution >= 0.6 is 0 Å². The van der Waals surface area contributed by atoms with Crippen molar-refractivity contribution in [3.63, 3.8) is 0 Å². The van der Waals surface area contributed by atoms with Gasteiger partial charge in [0.1, 0.15) is 0 Å². The predicted octanol–water partition coefficient (Wildman–Crippen LogP) is -0.0470. The van der Waals surface area contributed by atoms with E-state index in [1.807, 2.05) is 6.92 Å². The lowest BCUT2D eigenvalue weighted by Gasteiger charge is -2.34. The maximum Gasteiger partial charge on any atom is 0.239 e. The summed E-state index contributed by atoms with van der Waals surface area (Å²) in [6.07, 6.45) is 1.51. The van der Waals surface area contributed by atoms with E-state index in [2.05, 4.69) is 0 Å². The molecule has 0 aromatic carbocycles. The molecule has 0 aromatic rings. The van der Waals surface area contributed by atoms with E-state index in [1.54, 1.807) is 11.8 Å². The number of aliphatic hydroxyl groups excluding tert-OH is 1. The Kier molecular flexibility index (Phi) is 3.89. The van der Waals surface area contributed by atoms with Crippen LogP contribution < -0.4 is 5.73 Å². The summed E-state index contributed by atoms with van der Waals surface area (Å²) in [5, 5.41) is 9.38. The highest BCUT2D eigenvalue weighted by Gasteiger charge is 2.26. The Hall–Kier alpha value is -0.610. The normalized spacial score (nSPS) is 23.3. The molecule has 0 aliphatic carbocycles. The average molecular weight is 200 g/mol. The summed E-state index contributed by atoms with van der Waals surface area (Å²) in [5.41, 5.74) is 5.52. The van der Waals surface area contributed by atoms with Gasteiger partial charge in [-0.15, -0.1) is 0 Å². The van der Waals surface area contributed by atoms with Crippen molar-refractivity contribution in [1.29, 1.82) is 0 Å². The van der Waals surface area contributed by atoms with Gasteiger partial charge >= 0.3 is 0 Å². The summed E-state index contributed by atoms with van der Waals surface area (Å²) in [5.74, 6) is 0.362. The molecule has 1 amide bonds. The van der Waals surface area contributed by atoms with Crippen molar-refractivity contribution in [2.45, 2.75) is 38.8 Å². The topological polar surface area (TPSA) is 66.6 Å². The summed E-state index contributed by atoms with van der Waals surface area (Å²) in [6.45, 7) is 4.99. The van der Waals surface area contributed by atoms with Crippen molar-refractivity contribution >= 4 is 5.91 Å². The van der Waals surface area contributed by atoms with Crippen LogP contribution in [0.15, 0.2) is 0 Å². The molecule has 1 aliphatic heterocycles. The molecule has 4 nitrogen and oxygen atoms in total. The van der Waals surface area contributed by atoms with E-state index < -0.39 is 6.04 Å². The molecule has 3 N–H and O–H groups in total. The quantitative estimate of drug-likeness (QED) is 0.657. The lowest BCUT2D eigenvalue weighted by Crippen LogP contribution is -2.46. The smallest absolute Gasteiger partial charge is 0.239 e. The van der Waals surface area contributed by atoms with Gasteiger partial charge < -0.3 is 15.7 Å². The number of rotatable bonds is 2. The lowest BCUT2D eigenvalue weighted by molar-refractivity contribution is -0.134. The molecule has 14 heavy (non-hydrogen) atoms. The molecule has 0 unspecified atom stereocenters. The minimum atomic E-state index is -0.405. The van der Waals surface area contributed by atoms with E-state index in [0.29, 0.717) is 5.92 Å². The van der Waals surface area contributed by atoms with E-state index >= 15 is 0 Å². The Labute approximate surface area is 85.1 Å². The highest BCUT2D eigenvalue weighted by Crippen LogP contribution is 2.20. The number of nitrogens with two attached hydrogens (primary N) is 1. The van der Waals surface area contributed by atoms with Gasteiger partial charge in [-0.2, -0.15) is 0 Å². The maximum atomic E-state index is 11.5. The molecular formula is C10H20N2O2. The molecular weight excluding hydrogens is 180 g/mol. The number of carbonyl (C=O) groups excluding carboxylic acids is 1. The van der Waals surface area contributed by atoms with Crippen molar-refractivity contribution in [3.05, 3.63) is 0 Å². The molecule has 1 saturated heterocycles. The van der Waals surface area contributed by atoms with Gasteiger partial charge in [0.25, 0.3) is 0 Å². The van der Waals surface area contributed by atoms with Crippen LogP contribution in [-0.2, 0) is 4.79 Å². The summed E-state index contributed by atoms with van der Waals surface area (Å²) in [4.78, 5) is 13.3. The second-order valence-corrected chi connectivity index (χ2v) is 4.19. The van der Waals surface area contributed by atoms with Gasteiger partial charge in [-0.1, -0.05) is 0 Å². The van der Waals surface area contributed by atoms with Gasteiger partial charge in [-0.05, 0) is 32.6 Å². The molecule has 4 heteroatoms. The van der Waals surface area contributed by atoms with Gasteiger partial charge in [0.15, 0.2) is 0 Å². The Balaban J connectivity index is 2.39. The summed E-state index contributed by atoms with van der Waals surface area (Å²) in [7, 11) is 0. The minimum Gasteiger partial charge on any atom is -0.393 e. The molecule has 0 spiro atoms. The van der Waals surface area contributed by atoms with E-state index in [0.717, 1.165) is 25.9 Å². The Morgan fingerprint density at radius 2 is 1.93 bits per heavy atom. The number of carbonyl (C=O) groups is 1. The number of aliphatic hydroxyl groups is 1. The van der Waals surface area contributed by atoms with Crippen LogP contribution in [0.4, 0.5) is 0 Å². The molecule has 0 radical (unpaired) electrons. The third-order valence-corrected chi connectivity index (χ3v) is 2.92. The molecule has 0 aromatic heterocycles. The second kappa shape index (κ2) is 4.75. The van der Waals surface area contributed by atoms with Crippen LogP contribution in [0.25, 0.3) is 0 Å². The third-order valence-electron chi connectivity index (χ3n) is 2.92. The molecule has 1 rings (SSSR count). The Bertz CT molecular complexity index is 196. The van der Waals surface area contributed by atoms with Crippen LogP contribution in [0.3, 0.4) is 0 Å². The fraction of sp³-hybridized carbons (Fsp3) is 0.900. The molecule has 2 atom stereocenters. The lowest BCUT2D eigenvalue weighted by atomic mass is 9.92. The summed E-state index contributed by atoms with van der Waals surface area (Å²) in [6, 6.07) is -0.405. The molecule has 0 saturated carbocycles. The van der Waals surface area contributed by atoms with Crippen LogP contribution in [0.5, 0.6) is 0 Å². The maximum absolute atomic E-state index is 11.5. The SMILES string of the molecule is C[C@H](N)C(=O)N1CCC([C@@H](C)O)CC1. The van der Waals surface area contributed by atoms with Crippen molar-refractivity contribution in [1.82, 2.24) is 4.90 Å². The van der Waals surface area contributed by atoms with Gasteiger partial charge in [0.05, 0.1) is 12.1 Å². The van der Waals surface area contributed by atoms with Crippen LogP contribution in [0.2, 0.25) is 0 Å². The van der Waals surface area contributed by atoms with E-state index in [-0.39, 0.29) is 12.0 Å². The molecule has 1 fully saturated rings. The van der Waals surface area contributed by atoms with Crippen molar-refractivity contribution in [3.8, 4) is 0 Å². The monoisotopic (exact) mass is 200 g/mol. The van der Waals surface area contributed by atoms with Crippen molar-refractivity contribution in [2.24, 2.45) is 11.7 Å².